The van der Waals surface area contributed by atoms with Crippen molar-refractivity contribution < 1.29 is 13.9 Å². The summed E-state index contributed by atoms with van der Waals surface area (Å²) in [7, 11) is 1.54. The highest BCUT2D eigenvalue weighted by atomic mass is 35.5. The van der Waals surface area contributed by atoms with E-state index >= 15 is 0 Å². The fraction of sp³-hybridized carbons (Fsp3) is 0.0500. The van der Waals surface area contributed by atoms with Crippen molar-refractivity contribution in [2.24, 2.45) is 0 Å². The fourth-order valence-corrected chi connectivity index (χ4v) is 2.85. The van der Waals surface area contributed by atoms with E-state index in [1.54, 1.807) is 60.8 Å². The molecule has 2 heterocycles. The van der Waals surface area contributed by atoms with Crippen molar-refractivity contribution >= 4 is 34.4 Å². The van der Waals surface area contributed by atoms with Crippen LogP contribution < -0.4 is 10.1 Å². The third kappa shape index (κ3) is 3.47. The predicted molar refractivity (Wildman–Crippen MR) is 103 cm³/mol. The van der Waals surface area contributed by atoms with Crippen LogP contribution in [0.5, 0.6) is 5.75 Å². The molecule has 4 aromatic rings. The van der Waals surface area contributed by atoms with Crippen molar-refractivity contribution in [1.29, 1.82) is 0 Å². The molecule has 6 nitrogen and oxygen atoms in total. The third-order valence-electron chi connectivity index (χ3n) is 3.95. The maximum atomic E-state index is 12.5. The molecular formula is C20H14ClN3O3. The normalized spacial score (nSPS) is 10.7. The number of oxazole rings is 1. The summed E-state index contributed by atoms with van der Waals surface area (Å²) >= 11 is 5.96. The number of carbonyl (C=O) groups excluding carboxylic acids is 1. The molecule has 7 heteroatoms. The van der Waals surface area contributed by atoms with Crippen LogP contribution in [-0.4, -0.2) is 23.0 Å². The van der Waals surface area contributed by atoms with Crippen molar-refractivity contribution in [1.82, 2.24) is 9.97 Å². The Morgan fingerprint density at radius 1 is 1.15 bits per heavy atom. The molecule has 0 bridgehead atoms. The molecule has 1 N–H and O–H groups in total. The Kier molecular flexibility index (Phi) is 4.48. The smallest absolute Gasteiger partial charge is 0.255 e. The zero-order valence-electron chi connectivity index (χ0n) is 14.3. The van der Waals surface area contributed by atoms with Gasteiger partial charge in [0.25, 0.3) is 5.91 Å². The molecule has 0 saturated carbocycles. The summed E-state index contributed by atoms with van der Waals surface area (Å²) in [6.07, 6.45) is 1.65. The van der Waals surface area contributed by atoms with Crippen LogP contribution in [0.1, 0.15) is 10.4 Å². The lowest BCUT2D eigenvalue weighted by atomic mass is 10.1. The lowest BCUT2D eigenvalue weighted by Crippen LogP contribution is -2.12. The van der Waals surface area contributed by atoms with Gasteiger partial charge in [0.2, 0.25) is 5.89 Å². The van der Waals surface area contributed by atoms with Gasteiger partial charge in [0, 0.05) is 22.3 Å². The number of anilines is 1. The summed E-state index contributed by atoms with van der Waals surface area (Å²) in [5, 5.41) is 3.33. The molecule has 0 spiro atoms. The first-order valence-electron chi connectivity index (χ1n) is 8.11. The summed E-state index contributed by atoms with van der Waals surface area (Å²) in [5.74, 6) is 0.625. The molecule has 134 valence electrons. The second kappa shape index (κ2) is 7.09. The monoisotopic (exact) mass is 379 g/mol. The van der Waals surface area contributed by atoms with Crippen LogP contribution in [0.15, 0.2) is 65.2 Å². The number of methoxy groups -OCH3 is 1. The van der Waals surface area contributed by atoms with Crippen molar-refractivity contribution in [3.63, 3.8) is 0 Å². The highest BCUT2D eigenvalue weighted by molar-refractivity contribution is 6.31. The molecule has 1 amide bonds. The maximum Gasteiger partial charge on any atom is 0.255 e. The van der Waals surface area contributed by atoms with E-state index in [2.05, 4.69) is 15.3 Å². The number of aromatic nitrogens is 2. The van der Waals surface area contributed by atoms with Crippen LogP contribution in [-0.2, 0) is 0 Å². The molecule has 0 fully saturated rings. The summed E-state index contributed by atoms with van der Waals surface area (Å²) < 4.78 is 11.1. The molecule has 2 aromatic carbocycles. The number of amides is 1. The van der Waals surface area contributed by atoms with Crippen LogP contribution in [0, 0.1) is 0 Å². The quantitative estimate of drug-likeness (QED) is 0.551. The molecule has 0 aliphatic carbocycles. The molecule has 4 rings (SSSR count). The summed E-state index contributed by atoms with van der Waals surface area (Å²) in [4.78, 5) is 21.1. The van der Waals surface area contributed by atoms with Gasteiger partial charge in [-0.3, -0.25) is 4.79 Å². The Balaban J connectivity index is 1.69. The van der Waals surface area contributed by atoms with E-state index in [0.29, 0.717) is 44.7 Å². The van der Waals surface area contributed by atoms with Crippen LogP contribution in [0.2, 0.25) is 5.02 Å². The first-order valence-corrected chi connectivity index (χ1v) is 8.49. The van der Waals surface area contributed by atoms with Crippen molar-refractivity contribution in [2.45, 2.75) is 0 Å². The Morgan fingerprint density at radius 3 is 2.81 bits per heavy atom. The van der Waals surface area contributed by atoms with Gasteiger partial charge in [0.05, 0.1) is 12.8 Å². The third-order valence-corrected chi connectivity index (χ3v) is 4.18. The van der Waals surface area contributed by atoms with E-state index in [-0.39, 0.29) is 5.91 Å². The minimum absolute atomic E-state index is 0.299. The molecule has 0 saturated heterocycles. The van der Waals surface area contributed by atoms with E-state index < -0.39 is 0 Å². The average Bonchev–Trinajstić information content (AvgIpc) is 3.12. The first kappa shape index (κ1) is 17.1. The number of halogens is 1. The van der Waals surface area contributed by atoms with Gasteiger partial charge in [0.1, 0.15) is 5.75 Å². The maximum absolute atomic E-state index is 12.5. The number of ether oxygens (including phenoxy) is 1. The van der Waals surface area contributed by atoms with E-state index in [4.69, 9.17) is 20.8 Å². The van der Waals surface area contributed by atoms with E-state index in [9.17, 15) is 4.79 Å². The summed E-state index contributed by atoms with van der Waals surface area (Å²) in [5.41, 5.74) is 2.74. The number of rotatable bonds is 4. The van der Waals surface area contributed by atoms with Crippen molar-refractivity contribution in [3.05, 3.63) is 71.4 Å². The second-order valence-electron chi connectivity index (χ2n) is 5.72. The van der Waals surface area contributed by atoms with E-state index in [1.807, 2.05) is 0 Å². The van der Waals surface area contributed by atoms with Gasteiger partial charge in [-0.25, -0.2) is 4.98 Å². The zero-order valence-corrected chi connectivity index (χ0v) is 15.0. The number of fused-ring (bicyclic) bond motifs is 1. The highest BCUT2D eigenvalue weighted by Crippen LogP contribution is 2.32. The first-order chi connectivity index (χ1) is 13.1. The average molecular weight is 380 g/mol. The largest absolute Gasteiger partial charge is 0.495 e. The SMILES string of the molecule is COc1ccc(-c2nc3ncccc3o2)cc1NC(=O)c1cccc(Cl)c1. The Labute approximate surface area is 159 Å². The second-order valence-corrected chi connectivity index (χ2v) is 6.16. The number of hydrogen-bond acceptors (Lipinski definition) is 5. The van der Waals surface area contributed by atoms with Crippen LogP contribution in [0.25, 0.3) is 22.7 Å². The molecular weight excluding hydrogens is 366 g/mol. The Bertz CT molecular complexity index is 1110. The number of pyridine rings is 1. The van der Waals surface area contributed by atoms with Crippen LogP contribution in [0.3, 0.4) is 0 Å². The summed E-state index contributed by atoms with van der Waals surface area (Å²) in [6.45, 7) is 0. The number of hydrogen-bond donors (Lipinski definition) is 1. The van der Waals surface area contributed by atoms with Gasteiger partial charge in [0.15, 0.2) is 11.2 Å². The Hall–Kier alpha value is -3.38. The predicted octanol–water partition coefficient (Wildman–Crippen LogP) is 4.80. The van der Waals surface area contributed by atoms with Crippen molar-refractivity contribution in [2.75, 3.05) is 12.4 Å². The van der Waals surface area contributed by atoms with Gasteiger partial charge < -0.3 is 14.5 Å². The van der Waals surface area contributed by atoms with Gasteiger partial charge in [-0.2, -0.15) is 4.98 Å². The van der Waals surface area contributed by atoms with Gasteiger partial charge in [-0.1, -0.05) is 17.7 Å². The van der Waals surface area contributed by atoms with Crippen LogP contribution in [0.4, 0.5) is 5.69 Å². The molecule has 0 radical (unpaired) electrons. The van der Waals surface area contributed by atoms with Crippen molar-refractivity contribution in [3.8, 4) is 17.2 Å². The summed E-state index contributed by atoms with van der Waals surface area (Å²) in [6, 6.07) is 15.6. The Morgan fingerprint density at radius 2 is 2.04 bits per heavy atom. The lowest BCUT2D eigenvalue weighted by molar-refractivity contribution is 0.102. The lowest BCUT2D eigenvalue weighted by Gasteiger charge is -2.11. The standard InChI is InChI=1S/C20H14ClN3O3/c1-26-16-8-7-13(20-24-18-17(27-20)6-3-9-22-18)11-15(16)23-19(25)12-4-2-5-14(21)10-12/h2-11H,1H3,(H,23,25). The van der Waals surface area contributed by atoms with Crippen LogP contribution >= 0.6 is 11.6 Å². The fourth-order valence-electron chi connectivity index (χ4n) is 2.66. The molecule has 2 aromatic heterocycles. The van der Waals surface area contributed by atoms with Gasteiger partial charge in [-0.05, 0) is 48.5 Å². The van der Waals surface area contributed by atoms with Gasteiger partial charge >= 0.3 is 0 Å². The van der Waals surface area contributed by atoms with Gasteiger partial charge in [-0.15, -0.1) is 0 Å². The molecule has 0 unspecified atom stereocenters. The van der Waals surface area contributed by atoms with E-state index in [1.165, 1.54) is 7.11 Å². The number of benzene rings is 2. The molecule has 0 aliphatic heterocycles. The molecule has 0 atom stereocenters. The number of nitrogens with one attached hydrogen (secondary N) is 1. The molecule has 0 aliphatic rings. The van der Waals surface area contributed by atoms with E-state index in [0.717, 1.165) is 0 Å². The highest BCUT2D eigenvalue weighted by Gasteiger charge is 2.14. The topological polar surface area (TPSA) is 77.2 Å². The number of carbonyl (C=O) groups is 1. The minimum Gasteiger partial charge on any atom is -0.495 e. The zero-order chi connectivity index (χ0) is 18.8. The molecule has 27 heavy (non-hydrogen) atoms. The minimum atomic E-state index is -0.299. The number of nitrogens with zero attached hydrogens (tertiary/aromatic N) is 2.